The molecule has 21 heavy (non-hydrogen) atoms. The van der Waals surface area contributed by atoms with Crippen LogP contribution in [0.3, 0.4) is 0 Å². The molecule has 6 nitrogen and oxygen atoms in total. The molecule has 0 amide bonds. The minimum atomic E-state index is -3.63. The van der Waals surface area contributed by atoms with Gasteiger partial charge in [-0.2, -0.15) is 0 Å². The Balaban J connectivity index is 2.09. The number of anilines is 1. The molecule has 0 saturated carbocycles. The van der Waals surface area contributed by atoms with E-state index in [0.717, 1.165) is 18.7 Å². The lowest BCUT2D eigenvalue weighted by atomic mass is 10.2. The molecule has 2 rings (SSSR count). The quantitative estimate of drug-likeness (QED) is 0.816. The van der Waals surface area contributed by atoms with Gasteiger partial charge in [-0.15, -0.1) is 11.3 Å². The van der Waals surface area contributed by atoms with Crippen LogP contribution in [0.2, 0.25) is 0 Å². The molecule has 2 N–H and O–H groups in total. The number of nitrogens with one attached hydrogen (secondary N) is 2. The average molecular weight is 326 g/mol. The van der Waals surface area contributed by atoms with Crippen molar-refractivity contribution < 1.29 is 8.42 Å². The molecule has 0 aliphatic carbocycles. The molecule has 114 valence electrons. The van der Waals surface area contributed by atoms with Crippen molar-refractivity contribution in [1.29, 1.82) is 0 Å². The lowest BCUT2D eigenvalue weighted by molar-refractivity contribution is 0.561. The van der Waals surface area contributed by atoms with Crippen LogP contribution in [-0.2, 0) is 10.0 Å². The lowest BCUT2D eigenvalue weighted by Gasteiger charge is -2.09. The van der Waals surface area contributed by atoms with Gasteiger partial charge in [-0.1, -0.05) is 6.92 Å². The third kappa shape index (κ3) is 4.23. The average Bonchev–Trinajstić information content (AvgIpc) is 2.93. The maximum atomic E-state index is 12.2. The Morgan fingerprint density at radius 3 is 2.90 bits per heavy atom. The zero-order chi connectivity index (χ0) is 15.3. The van der Waals surface area contributed by atoms with Gasteiger partial charge >= 0.3 is 0 Å². The number of sulfonamides is 1. The molecule has 0 aliphatic heterocycles. The minimum absolute atomic E-state index is 0.0952. The second-order valence-corrected chi connectivity index (χ2v) is 7.09. The summed E-state index contributed by atoms with van der Waals surface area (Å²) >= 11 is 1.27. The van der Waals surface area contributed by atoms with Gasteiger partial charge in [0.2, 0.25) is 0 Å². The van der Waals surface area contributed by atoms with Crippen LogP contribution in [0.1, 0.15) is 32.0 Å². The zero-order valence-corrected chi connectivity index (χ0v) is 13.5. The van der Waals surface area contributed by atoms with Crippen molar-refractivity contribution in [2.75, 3.05) is 11.3 Å². The molecule has 2 aromatic heterocycles. The van der Waals surface area contributed by atoms with Crippen LogP contribution in [0.15, 0.2) is 34.8 Å². The number of hydrogen-bond donors (Lipinski definition) is 2. The van der Waals surface area contributed by atoms with E-state index in [0.29, 0.717) is 5.13 Å². The highest BCUT2D eigenvalue weighted by molar-refractivity contribution is 7.93. The Morgan fingerprint density at radius 2 is 2.24 bits per heavy atom. The first-order valence-corrected chi connectivity index (χ1v) is 9.01. The van der Waals surface area contributed by atoms with Crippen LogP contribution in [0.25, 0.3) is 0 Å². The largest absolute Gasteiger partial charge is 0.309 e. The standard InChI is InChI=1S/C13H18N4O2S2/c1-3-6-15-10(2)12-9-20-13(16-12)17-21(18,19)11-5-4-7-14-8-11/h4-5,7-10,15H,3,6H2,1-2H3,(H,16,17). The molecule has 1 atom stereocenters. The Hall–Kier alpha value is -1.51. The van der Waals surface area contributed by atoms with Crippen molar-refractivity contribution in [3.8, 4) is 0 Å². The topological polar surface area (TPSA) is 84.0 Å². The molecule has 0 fully saturated rings. The van der Waals surface area contributed by atoms with E-state index in [9.17, 15) is 8.42 Å². The van der Waals surface area contributed by atoms with Gasteiger partial charge in [0.15, 0.2) is 5.13 Å². The van der Waals surface area contributed by atoms with Gasteiger partial charge in [-0.25, -0.2) is 13.4 Å². The number of aromatic nitrogens is 2. The first-order chi connectivity index (χ1) is 10.0. The van der Waals surface area contributed by atoms with Crippen molar-refractivity contribution in [2.24, 2.45) is 0 Å². The maximum Gasteiger partial charge on any atom is 0.265 e. The van der Waals surface area contributed by atoms with Crippen LogP contribution in [0.4, 0.5) is 5.13 Å². The molecule has 2 heterocycles. The summed E-state index contributed by atoms with van der Waals surface area (Å²) in [5.41, 5.74) is 0.831. The second kappa shape index (κ2) is 6.97. The molecular formula is C13H18N4O2S2. The molecule has 0 spiro atoms. The number of hydrogen-bond acceptors (Lipinski definition) is 6. The van der Waals surface area contributed by atoms with E-state index in [1.807, 2.05) is 12.3 Å². The van der Waals surface area contributed by atoms with Crippen molar-refractivity contribution in [2.45, 2.75) is 31.2 Å². The molecule has 2 aromatic rings. The Kier molecular flexibility index (Phi) is 5.27. The zero-order valence-electron chi connectivity index (χ0n) is 11.9. The van der Waals surface area contributed by atoms with Crippen molar-refractivity contribution >= 4 is 26.5 Å². The number of pyridine rings is 1. The van der Waals surface area contributed by atoms with E-state index < -0.39 is 10.0 Å². The van der Waals surface area contributed by atoms with Crippen molar-refractivity contribution in [3.63, 3.8) is 0 Å². The molecule has 0 bridgehead atoms. The fourth-order valence-electron chi connectivity index (χ4n) is 1.68. The smallest absolute Gasteiger partial charge is 0.265 e. The Bertz CT molecular complexity index is 670. The van der Waals surface area contributed by atoms with Gasteiger partial charge < -0.3 is 5.32 Å². The van der Waals surface area contributed by atoms with E-state index in [1.165, 1.54) is 29.8 Å². The van der Waals surface area contributed by atoms with Crippen LogP contribution in [-0.4, -0.2) is 24.9 Å². The molecule has 0 saturated heterocycles. The molecule has 0 radical (unpaired) electrons. The number of nitrogens with zero attached hydrogens (tertiary/aromatic N) is 2. The van der Waals surface area contributed by atoms with Gasteiger partial charge in [0.1, 0.15) is 4.90 Å². The highest BCUT2D eigenvalue weighted by Crippen LogP contribution is 2.23. The summed E-state index contributed by atoms with van der Waals surface area (Å²) in [7, 11) is -3.63. The minimum Gasteiger partial charge on any atom is -0.309 e. The van der Waals surface area contributed by atoms with Gasteiger partial charge in [-0.3, -0.25) is 9.71 Å². The molecular weight excluding hydrogens is 308 g/mol. The lowest BCUT2D eigenvalue weighted by Crippen LogP contribution is -2.19. The van der Waals surface area contributed by atoms with Gasteiger partial charge in [0.05, 0.1) is 5.69 Å². The van der Waals surface area contributed by atoms with Crippen molar-refractivity contribution in [1.82, 2.24) is 15.3 Å². The van der Waals surface area contributed by atoms with Crippen LogP contribution in [0.5, 0.6) is 0 Å². The monoisotopic (exact) mass is 326 g/mol. The summed E-state index contributed by atoms with van der Waals surface area (Å²) in [6.07, 6.45) is 3.87. The highest BCUT2D eigenvalue weighted by Gasteiger charge is 2.17. The van der Waals surface area contributed by atoms with Gasteiger partial charge in [0.25, 0.3) is 10.0 Å². The SMILES string of the molecule is CCCNC(C)c1csc(NS(=O)(=O)c2cccnc2)n1. The van der Waals surface area contributed by atoms with E-state index in [4.69, 9.17) is 0 Å². The summed E-state index contributed by atoms with van der Waals surface area (Å²) in [5, 5.41) is 5.53. The summed E-state index contributed by atoms with van der Waals surface area (Å²) in [6, 6.07) is 3.17. The first kappa shape index (κ1) is 15.9. The Labute approximate surface area is 128 Å². The van der Waals surface area contributed by atoms with Crippen molar-refractivity contribution in [3.05, 3.63) is 35.6 Å². The number of rotatable bonds is 7. The van der Waals surface area contributed by atoms with Gasteiger partial charge in [0, 0.05) is 23.8 Å². The fourth-order valence-corrected chi connectivity index (χ4v) is 3.70. The predicted octanol–water partition coefficient (Wildman–Crippen LogP) is 2.40. The third-order valence-electron chi connectivity index (χ3n) is 2.83. The third-order valence-corrected chi connectivity index (χ3v) is 5.06. The van der Waals surface area contributed by atoms with Crippen LogP contribution in [0, 0.1) is 0 Å². The second-order valence-electron chi connectivity index (χ2n) is 4.55. The van der Waals surface area contributed by atoms with Gasteiger partial charge in [-0.05, 0) is 32.0 Å². The molecule has 1 unspecified atom stereocenters. The fraction of sp³-hybridized carbons (Fsp3) is 0.385. The summed E-state index contributed by atoms with van der Waals surface area (Å²) in [4.78, 5) is 8.26. The van der Waals surface area contributed by atoms with E-state index in [-0.39, 0.29) is 10.9 Å². The summed E-state index contributed by atoms with van der Waals surface area (Å²) in [6.45, 7) is 4.99. The molecule has 8 heteroatoms. The normalized spacial score (nSPS) is 13.0. The summed E-state index contributed by atoms with van der Waals surface area (Å²) < 4.78 is 26.8. The van der Waals surface area contributed by atoms with Crippen LogP contribution < -0.4 is 10.0 Å². The summed E-state index contributed by atoms with van der Waals surface area (Å²) in [5.74, 6) is 0. The number of thiazole rings is 1. The van der Waals surface area contributed by atoms with E-state index in [1.54, 1.807) is 6.07 Å². The molecule has 0 aromatic carbocycles. The van der Waals surface area contributed by atoms with Crippen LogP contribution >= 0.6 is 11.3 Å². The van der Waals surface area contributed by atoms with E-state index in [2.05, 4.69) is 26.9 Å². The molecule has 0 aliphatic rings. The predicted molar refractivity (Wildman–Crippen MR) is 83.9 cm³/mol. The Morgan fingerprint density at radius 1 is 1.43 bits per heavy atom. The first-order valence-electron chi connectivity index (χ1n) is 6.64. The maximum absolute atomic E-state index is 12.2. The highest BCUT2D eigenvalue weighted by atomic mass is 32.2. The van der Waals surface area contributed by atoms with E-state index >= 15 is 0 Å².